The molecule has 0 bridgehead atoms. The lowest BCUT2D eigenvalue weighted by molar-refractivity contribution is -0.134. The summed E-state index contributed by atoms with van der Waals surface area (Å²) in [6.45, 7) is 7.07. The number of carbonyl (C=O) groups excluding carboxylic acids is 2. The van der Waals surface area contributed by atoms with E-state index in [0.29, 0.717) is 36.3 Å². The standard InChI is InChI=1S/C21H37N3O3/c1-15-13-22-11-12-24(15)21(26)10-9-17-5-3-7-19(17)27-20-8-4-6-18(20)14-23-16(2)25/h15,17-20,22H,3-14H2,1-2H3,(H,23,25)/t15-,17?,18?,19?,20?/m1/s1. The van der Waals surface area contributed by atoms with E-state index in [1.807, 2.05) is 4.90 Å². The summed E-state index contributed by atoms with van der Waals surface area (Å²) < 4.78 is 6.54. The van der Waals surface area contributed by atoms with Crippen LogP contribution in [0, 0.1) is 11.8 Å². The third-order valence-corrected chi connectivity index (χ3v) is 6.69. The van der Waals surface area contributed by atoms with Crippen LogP contribution in [-0.2, 0) is 14.3 Å². The van der Waals surface area contributed by atoms with E-state index in [1.54, 1.807) is 6.92 Å². The number of nitrogens with one attached hydrogen (secondary N) is 2. The van der Waals surface area contributed by atoms with Gasteiger partial charge in [-0.05, 0) is 44.9 Å². The largest absolute Gasteiger partial charge is 0.374 e. The van der Waals surface area contributed by atoms with Crippen LogP contribution < -0.4 is 10.6 Å². The number of nitrogens with zero attached hydrogens (tertiary/aromatic N) is 1. The van der Waals surface area contributed by atoms with Gasteiger partial charge in [-0.15, -0.1) is 0 Å². The molecule has 1 aliphatic heterocycles. The number of hydrogen-bond donors (Lipinski definition) is 2. The minimum Gasteiger partial charge on any atom is -0.374 e. The van der Waals surface area contributed by atoms with Gasteiger partial charge in [0.15, 0.2) is 0 Å². The second kappa shape index (κ2) is 9.87. The van der Waals surface area contributed by atoms with Crippen LogP contribution in [0.2, 0.25) is 0 Å². The van der Waals surface area contributed by atoms with Crippen LogP contribution in [0.5, 0.6) is 0 Å². The molecule has 6 nitrogen and oxygen atoms in total. The lowest BCUT2D eigenvalue weighted by Gasteiger charge is -2.34. The molecule has 0 radical (unpaired) electrons. The van der Waals surface area contributed by atoms with Crippen molar-refractivity contribution in [3.05, 3.63) is 0 Å². The summed E-state index contributed by atoms with van der Waals surface area (Å²) in [6, 6.07) is 0.301. The molecule has 3 rings (SSSR count). The molecule has 0 aromatic carbocycles. The van der Waals surface area contributed by atoms with Crippen LogP contribution in [0.1, 0.15) is 65.2 Å². The topological polar surface area (TPSA) is 70.7 Å². The Balaban J connectivity index is 1.45. The maximum Gasteiger partial charge on any atom is 0.222 e. The van der Waals surface area contributed by atoms with Crippen molar-refractivity contribution in [1.29, 1.82) is 0 Å². The van der Waals surface area contributed by atoms with Crippen LogP contribution in [0.25, 0.3) is 0 Å². The molecular weight excluding hydrogens is 342 g/mol. The maximum absolute atomic E-state index is 12.6. The second-order valence-corrected chi connectivity index (χ2v) is 8.71. The van der Waals surface area contributed by atoms with Crippen molar-refractivity contribution in [2.45, 2.75) is 83.5 Å². The molecule has 0 spiro atoms. The number of rotatable bonds is 7. The average molecular weight is 380 g/mol. The molecule has 2 aliphatic carbocycles. The van der Waals surface area contributed by atoms with E-state index in [1.165, 1.54) is 19.3 Å². The molecule has 154 valence electrons. The molecule has 5 atom stereocenters. The van der Waals surface area contributed by atoms with Crippen LogP contribution in [0.4, 0.5) is 0 Å². The van der Waals surface area contributed by atoms with Gasteiger partial charge in [-0.2, -0.15) is 0 Å². The third kappa shape index (κ3) is 5.67. The zero-order chi connectivity index (χ0) is 19.2. The molecule has 3 aliphatic rings. The fourth-order valence-corrected chi connectivity index (χ4v) is 5.09. The van der Waals surface area contributed by atoms with Crippen LogP contribution in [-0.4, -0.2) is 61.1 Å². The minimum atomic E-state index is 0.0417. The van der Waals surface area contributed by atoms with Crippen LogP contribution in [0.15, 0.2) is 0 Å². The van der Waals surface area contributed by atoms with Crippen LogP contribution in [0.3, 0.4) is 0 Å². The molecule has 0 aromatic rings. The van der Waals surface area contributed by atoms with Crippen molar-refractivity contribution in [2.75, 3.05) is 26.2 Å². The first-order valence-electron chi connectivity index (χ1n) is 10.9. The summed E-state index contributed by atoms with van der Waals surface area (Å²) in [4.78, 5) is 25.9. The summed E-state index contributed by atoms with van der Waals surface area (Å²) in [6.07, 6.45) is 9.09. The Kier molecular flexibility index (Phi) is 7.53. The Morgan fingerprint density at radius 3 is 2.52 bits per heavy atom. The molecule has 2 amide bonds. The highest BCUT2D eigenvalue weighted by Crippen LogP contribution is 2.37. The molecular formula is C21H37N3O3. The Morgan fingerprint density at radius 2 is 1.81 bits per heavy atom. The highest BCUT2D eigenvalue weighted by Gasteiger charge is 2.35. The van der Waals surface area contributed by atoms with Crippen molar-refractivity contribution >= 4 is 11.8 Å². The van der Waals surface area contributed by atoms with Crippen molar-refractivity contribution in [1.82, 2.24) is 15.5 Å². The second-order valence-electron chi connectivity index (χ2n) is 8.71. The van der Waals surface area contributed by atoms with E-state index in [9.17, 15) is 9.59 Å². The van der Waals surface area contributed by atoms with E-state index >= 15 is 0 Å². The third-order valence-electron chi connectivity index (χ3n) is 6.69. The van der Waals surface area contributed by atoms with Gasteiger partial charge in [0, 0.05) is 51.5 Å². The summed E-state index contributed by atoms with van der Waals surface area (Å²) in [5.74, 6) is 1.30. The van der Waals surface area contributed by atoms with Gasteiger partial charge in [0.1, 0.15) is 0 Å². The fraction of sp³-hybridized carbons (Fsp3) is 0.905. The van der Waals surface area contributed by atoms with Crippen molar-refractivity contribution in [3.8, 4) is 0 Å². The number of ether oxygens (including phenoxy) is 1. The Labute approximate surface area is 163 Å². The van der Waals surface area contributed by atoms with Crippen molar-refractivity contribution < 1.29 is 14.3 Å². The van der Waals surface area contributed by atoms with Gasteiger partial charge >= 0.3 is 0 Å². The molecule has 2 N–H and O–H groups in total. The SMILES string of the molecule is CC(=O)NCC1CCCC1OC1CCCC1CCC(=O)N1CCNC[C@H]1C. The fourth-order valence-electron chi connectivity index (χ4n) is 5.09. The van der Waals surface area contributed by atoms with Crippen molar-refractivity contribution in [2.24, 2.45) is 11.8 Å². The van der Waals surface area contributed by atoms with Gasteiger partial charge in [-0.1, -0.05) is 12.8 Å². The number of piperazine rings is 1. The van der Waals surface area contributed by atoms with E-state index < -0.39 is 0 Å². The highest BCUT2D eigenvalue weighted by atomic mass is 16.5. The number of hydrogen-bond acceptors (Lipinski definition) is 4. The minimum absolute atomic E-state index is 0.0417. The van der Waals surface area contributed by atoms with Gasteiger partial charge in [-0.25, -0.2) is 0 Å². The van der Waals surface area contributed by atoms with Gasteiger partial charge in [-0.3, -0.25) is 9.59 Å². The van der Waals surface area contributed by atoms with Gasteiger partial charge in [0.2, 0.25) is 11.8 Å². The zero-order valence-corrected chi connectivity index (χ0v) is 17.0. The molecule has 4 unspecified atom stereocenters. The van der Waals surface area contributed by atoms with Gasteiger partial charge in [0.25, 0.3) is 0 Å². The summed E-state index contributed by atoms with van der Waals surface area (Å²) in [7, 11) is 0. The van der Waals surface area contributed by atoms with E-state index in [4.69, 9.17) is 4.74 Å². The Bertz CT molecular complexity index is 513. The molecule has 2 saturated carbocycles. The van der Waals surface area contributed by atoms with E-state index in [-0.39, 0.29) is 12.0 Å². The predicted octanol–water partition coefficient (Wildman–Crippen LogP) is 2.08. The van der Waals surface area contributed by atoms with E-state index in [0.717, 1.165) is 51.9 Å². The summed E-state index contributed by atoms with van der Waals surface area (Å²) in [5, 5.41) is 6.31. The number of amides is 2. The van der Waals surface area contributed by atoms with Crippen molar-refractivity contribution in [3.63, 3.8) is 0 Å². The monoisotopic (exact) mass is 379 g/mol. The van der Waals surface area contributed by atoms with Gasteiger partial charge < -0.3 is 20.3 Å². The first-order chi connectivity index (χ1) is 13.0. The maximum atomic E-state index is 12.6. The predicted molar refractivity (Wildman–Crippen MR) is 105 cm³/mol. The quantitative estimate of drug-likeness (QED) is 0.710. The lowest BCUT2D eigenvalue weighted by Crippen LogP contribution is -2.52. The highest BCUT2D eigenvalue weighted by molar-refractivity contribution is 5.76. The first kappa shape index (κ1) is 20.6. The molecule has 27 heavy (non-hydrogen) atoms. The molecule has 0 aromatic heterocycles. The molecule has 1 saturated heterocycles. The Hall–Kier alpha value is -1.14. The van der Waals surface area contributed by atoms with Crippen LogP contribution >= 0.6 is 0 Å². The Morgan fingerprint density at radius 1 is 1.11 bits per heavy atom. The molecule has 3 fully saturated rings. The summed E-state index contributed by atoms with van der Waals surface area (Å²) >= 11 is 0. The average Bonchev–Trinajstić information content (AvgIpc) is 3.28. The number of carbonyl (C=O) groups is 2. The smallest absolute Gasteiger partial charge is 0.222 e. The lowest BCUT2D eigenvalue weighted by atomic mass is 9.97. The first-order valence-corrected chi connectivity index (χ1v) is 10.9. The molecule has 1 heterocycles. The zero-order valence-electron chi connectivity index (χ0n) is 17.0. The molecule has 6 heteroatoms. The summed E-state index contributed by atoms with van der Waals surface area (Å²) in [5.41, 5.74) is 0. The normalized spacial score (nSPS) is 34.0. The van der Waals surface area contributed by atoms with Gasteiger partial charge in [0.05, 0.1) is 12.2 Å². The van der Waals surface area contributed by atoms with E-state index in [2.05, 4.69) is 17.6 Å².